The number of amides is 1. The zero-order valence-electron chi connectivity index (χ0n) is 23.6. The van der Waals surface area contributed by atoms with Gasteiger partial charge in [0.05, 0.1) is 36.0 Å². The van der Waals surface area contributed by atoms with Gasteiger partial charge in [0.15, 0.2) is 0 Å². The maximum absolute atomic E-state index is 15.2. The summed E-state index contributed by atoms with van der Waals surface area (Å²) in [6.45, 7) is 1.38. The Hall–Kier alpha value is -3.25. The molecule has 5 rings (SSSR count). The van der Waals surface area contributed by atoms with Gasteiger partial charge in [-0.15, -0.1) is 0 Å². The lowest BCUT2D eigenvalue weighted by atomic mass is 9.89. The van der Waals surface area contributed by atoms with E-state index in [0.717, 1.165) is 16.4 Å². The number of hydrogen-bond acceptors (Lipinski definition) is 5. The lowest BCUT2D eigenvalue weighted by Crippen LogP contribution is -2.58. The summed E-state index contributed by atoms with van der Waals surface area (Å²) in [5.74, 6) is -3.86. The van der Waals surface area contributed by atoms with E-state index in [1.165, 1.54) is 4.90 Å². The fourth-order valence-corrected chi connectivity index (χ4v) is 7.79. The number of ether oxygens (including phenoxy) is 1. The summed E-state index contributed by atoms with van der Waals surface area (Å²) in [5.41, 5.74) is 0.811. The van der Waals surface area contributed by atoms with Crippen molar-refractivity contribution in [2.24, 2.45) is 0 Å². The summed E-state index contributed by atoms with van der Waals surface area (Å²) in [6, 6.07) is 14.3. The maximum atomic E-state index is 15.2. The molecule has 4 atom stereocenters. The molecule has 1 amide bonds. The Morgan fingerprint density at radius 2 is 1.75 bits per heavy atom. The van der Waals surface area contributed by atoms with E-state index in [2.05, 4.69) is 0 Å². The van der Waals surface area contributed by atoms with Crippen LogP contribution < -0.4 is 4.31 Å². The van der Waals surface area contributed by atoms with Crippen LogP contribution in [0.3, 0.4) is 0 Å². The number of nitrogens with zero attached hydrogens (tertiary/aromatic N) is 2. The second-order valence-corrected chi connectivity index (χ2v) is 13.9. The molecule has 234 valence electrons. The molecule has 2 fully saturated rings. The SMILES string of the molecule is CC[C@@H](CN(c1ccc(F)cc1F)S(=O)(=O)C1CC1)N1C(=O)[C@@H](CC(=O)O)OC(c2cccc(Cl)c2)C1c1ccc(Cl)cc1. The molecular weight excluding hydrogens is 637 g/mol. The molecule has 0 aromatic heterocycles. The smallest absolute Gasteiger partial charge is 0.306 e. The average molecular weight is 668 g/mol. The largest absolute Gasteiger partial charge is 0.481 e. The van der Waals surface area contributed by atoms with Crippen LogP contribution in [0.2, 0.25) is 10.0 Å². The molecule has 8 nitrogen and oxygen atoms in total. The third kappa shape index (κ3) is 6.71. The number of carbonyl (C=O) groups is 2. The quantitative estimate of drug-likeness (QED) is 0.249. The number of halogens is 4. The van der Waals surface area contributed by atoms with E-state index in [0.29, 0.717) is 40.1 Å². The van der Waals surface area contributed by atoms with Gasteiger partial charge in [-0.25, -0.2) is 17.2 Å². The van der Waals surface area contributed by atoms with Crippen molar-refractivity contribution in [3.05, 3.63) is 99.5 Å². The van der Waals surface area contributed by atoms with Gasteiger partial charge in [-0.1, -0.05) is 54.4 Å². The molecule has 1 aliphatic heterocycles. The molecule has 1 saturated carbocycles. The van der Waals surface area contributed by atoms with Crippen molar-refractivity contribution in [1.29, 1.82) is 0 Å². The van der Waals surface area contributed by atoms with Crippen molar-refractivity contribution in [3.8, 4) is 0 Å². The topological polar surface area (TPSA) is 104 Å². The number of carboxylic acids is 1. The predicted molar refractivity (Wildman–Crippen MR) is 162 cm³/mol. The second-order valence-electron chi connectivity index (χ2n) is 10.9. The van der Waals surface area contributed by atoms with Crippen LogP contribution in [-0.2, 0) is 24.3 Å². The Morgan fingerprint density at radius 3 is 2.34 bits per heavy atom. The molecule has 0 bridgehead atoms. The minimum absolute atomic E-state index is 0.206. The van der Waals surface area contributed by atoms with Crippen molar-refractivity contribution in [2.75, 3.05) is 10.8 Å². The molecule has 3 aromatic carbocycles. The Labute approximate surface area is 264 Å². The molecule has 1 N–H and O–H groups in total. The number of aliphatic carboxylic acids is 1. The van der Waals surface area contributed by atoms with Gasteiger partial charge in [0.2, 0.25) is 10.0 Å². The van der Waals surface area contributed by atoms with Gasteiger partial charge in [0, 0.05) is 16.1 Å². The van der Waals surface area contributed by atoms with E-state index in [1.807, 2.05) is 0 Å². The number of benzene rings is 3. The van der Waals surface area contributed by atoms with Gasteiger partial charge in [-0.2, -0.15) is 0 Å². The standard InChI is InChI=1S/C31H30Cl2F2N2O6S/c1-2-23(17-36(44(41,42)24-11-12-24)26-13-10-22(34)15-25(26)35)37-29(18-6-8-20(32)9-7-18)30(19-4-3-5-21(33)14-19)43-27(31(37)40)16-28(38)39/h3-10,13-15,23-24,27,29-30H,2,11-12,16-17H2,1H3,(H,38,39)/t23-,27+,29?,30?/m0/s1. The van der Waals surface area contributed by atoms with E-state index in [9.17, 15) is 27.5 Å². The summed E-state index contributed by atoms with van der Waals surface area (Å²) in [4.78, 5) is 27.5. The van der Waals surface area contributed by atoms with Crippen LogP contribution >= 0.6 is 23.2 Å². The van der Waals surface area contributed by atoms with Gasteiger partial charge < -0.3 is 14.7 Å². The molecule has 0 spiro atoms. The van der Waals surface area contributed by atoms with Crippen LogP contribution in [0.4, 0.5) is 14.5 Å². The normalized spacial score (nSPS) is 21.2. The zero-order chi connectivity index (χ0) is 31.8. The number of anilines is 1. The summed E-state index contributed by atoms with van der Waals surface area (Å²) in [6.07, 6.45) is -1.99. The molecule has 1 aliphatic carbocycles. The third-order valence-electron chi connectivity index (χ3n) is 7.85. The van der Waals surface area contributed by atoms with Crippen molar-refractivity contribution in [2.45, 2.75) is 62.1 Å². The molecule has 3 aromatic rings. The van der Waals surface area contributed by atoms with Crippen LogP contribution in [0.25, 0.3) is 0 Å². The fraction of sp³-hybridized carbons (Fsp3) is 0.355. The van der Waals surface area contributed by atoms with Crippen LogP contribution in [-0.4, -0.2) is 54.2 Å². The van der Waals surface area contributed by atoms with Gasteiger partial charge in [-0.05, 0) is 66.8 Å². The molecule has 1 saturated heterocycles. The van der Waals surface area contributed by atoms with Gasteiger partial charge in [-0.3, -0.25) is 13.9 Å². The number of hydrogen-bond donors (Lipinski definition) is 1. The first kappa shape index (κ1) is 32.2. The average Bonchev–Trinajstić information content (AvgIpc) is 3.82. The Balaban J connectivity index is 1.66. The lowest BCUT2D eigenvalue weighted by Gasteiger charge is -2.48. The number of rotatable bonds is 11. The first-order chi connectivity index (χ1) is 20.9. The van der Waals surface area contributed by atoms with Crippen LogP contribution in [0, 0.1) is 11.6 Å². The molecule has 1 heterocycles. The van der Waals surface area contributed by atoms with E-state index >= 15 is 4.39 Å². The molecule has 44 heavy (non-hydrogen) atoms. The zero-order valence-corrected chi connectivity index (χ0v) is 25.9. The number of morpholine rings is 1. The minimum Gasteiger partial charge on any atom is -0.481 e. The third-order valence-corrected chi connectivity index (χ3v) is 10.6. The monoisotopic (exact) mass is 666 g/mol. The summed E-state index contributed by atoms with van der Waals surface area (Å²) in [5, 5.41) is 9.74. The van der Waals surface area contributed by atoms with E-state index in [1.54, 1.807) is 55.5 Å². The summed E-state index contributed by atoms with van der Waals surface area (Å²) >= 11 is 12.5. The first-order valence-electron chi connectivity index (χ1n) is 14.1. The predicted octanol–water partition coefficient (Wildman–Crippen LogP) is 6.53. The van der Waals surface area contributed by atoms with Crippen LogP contribution in [0.1, 0.15) is 55.9 Å². The number of sulfonamides is 1. The van der Waals surface area contributed by atoms with Crippen molar-refractivity contribution >= 4 is 50.8 Å². The van der Waals surface area contributed by atoms with Crippen LogP contribution in [0.5, 0.6) is 0 Å². The van der Waals surface area contributed by atoms with Gasteiger partial charge >= 0.3 is 5.97 Å². The Morgan fingerprint density at radius 1 is 1.05 bits per heavy atom. The molecule has 2 unspecified atom stereocenters. The number of carboxylic acid groups (broad SMARTS) is 1. The Kier molecular flexibility index (Phi) is 9.50. The Bertz CT molecular complexity index is 1660. The van der Waals surface area contributed by atoms with Gasteiger partial charge in [0.25, 0.3) is 5.91 Å². The fourth-order valence-electron chi connectivity index (χ4n) is 5.57. The van der Waals surface area contributed by atoms with Crippen LogP contribution in [0.15, 0.2) is 66.7 Å². The van der Waals surface area contributed by atoms with Crippen molar-refractivity contribution in [1.82, 2.24) is 4.90 Å². The highest BCUT2D eigenvalue weighted by Crippen LogP contribution is 2.45. The first-order valence-corrected chi connectivity index (χ1v) is 16.3. The van der Waals surface area contributed by atoms with E-state index in [4.69, 9.17) is 27.9 Å². The number of carbonyl (C=O) groups excluding carboxylic acids is 1. The van der Waals surface area contributed by atoms with Crippen molar-refractivity contribution in [3.63, 3.8) is 0 Å². The highest BCUT2D eigenvalue weighted by atomic mass is 35.5. The molecule has 2 aliphatic rings. The van der Waals surface area contributed by atoms with Crippen molar-refractivity contribution < 1.29 is 36.6 Å². The van der Waals surface area contributed by atoms with Gasteiger partial charge in [0.1, 0.15) is 23.8 Å². The van der Waals surface area contributed by atoms with E-state index < -0.39 is 69.5 Å². The molecular formula is C31H30Cl2F2N2O6S. The maximum Gasteiger partial charge on any atom is 0.306 e. The highest BCUT2D eigenvalue weighted by molar-refractivity contribution is 7.93. The minimum atomic E-state index is -4.10. The molecule has 13 heteroatoms. The summed E-state index contributed by atoms with van der Waals surface area (Å²) < 4.78 is 63.5. The highest BCUT2D eigenvalue weighted by Gasteiger charge is 2.49. The lowest BCUT2D eigenvalue weighted by molar-refractivity contribution is -0.183. The summed E-state index contributed by atoms with van der Waals surface area (Å²) in [7, 11) is -4.10. The van der Waals surface area contributed by atoms with E-state index in [-0.39, 0.29) is 18.7 Å². The molecule has 0 radical (unpaired) electrons. The second kappa shape index (κ2) is 13.0.